The van der Waals surface area contributed by atoms with Crippen molar-refractivity contribution in [3.05, 3.63) is 83.4 Å². The molecule has 34 heavy (non-hydrogen) atoms. The van der Waals surface area contributed by atoms with E-state index in [1.54, 1.807) is 6.07 Å². The van der Waals surface area contributed by atoms with Crippen LogP contribution in [0, 0.1) is 11.7 Å². The molecule has 0 aliphatic heterocycles. The molecule has 0 bridgehead atoms. The molecule has 1 N–H and O–H groups in total. The van der Waals surface area contributed by atoms with Crippen molar-refractivity contribution >= 4 is 34.0 Å². The van der Waals surface area contributed by atoms with Crippen molar-refractivity contribution in [1.82, 2.24) is 9.97 Å². The molecule has 1 saturated carbocycles. The normalized spacial score (nSPS) is 13.8. The molecule has 0 atom stereocenters. The van der Waals surface area contributed by atoms with Crippen LogP contribution in [0.4, 0.5) is 15.9 Å². The summed E-state index contributed by atoms with van der Waals surface area (Å²) < 4.78 is 26.0. The average Bonchev–Trinajstić information content (AvgIpc) is 3.38. The molecule has 0 radical (unpaired) electrons. The second kappa shape index (κ2) is 10.3. The molecule has 0 saturated heterocycles. The predicted octanol–water partition coefficient (Wildman–Crippen LogP) is 7.31. The number of hydrogen-bond donors (Lipinski definition) is 1. The maximum Gasteiger partial charge on any atom is 0.163 e. The zero-order valence-electron chi connectivity index (χ0n) is 18.6. The molecule has 7 heteroatoms. The van der Waals surface area contributed by atoms with E-state index in [0.29, 0.717) is 42.1 Å². The van der Waals surface area contributed by atoms with Gasteiger partial charge in [0.05, 0.1) is 17.1 Å². The van der Waals surface area contributed by atoms with E-state index < -0.39 is 5.82 Å². The highest BCUT2D eigenvalue weighted by atomic mass is 35.5. The van der Waals surface area contributed by atoms with Crippen LogP contribution in [0.15, 0.2) is 67.0 Å². The Morgan fingerprint density at radius 1 is 0.941 bits per heavy atom. The SMILES string of the molecule is Fc1ccc(Nc2ncnc3cc(OCC4CCCC4)c(OCc4ccccc4)cc23)cc1Cl. The van der Waals surface area contributed by atoms with Crippen molar-refractivity contribution in [3.8, 4) is 11.5 Å². The second-order valence-electron chi connectivity index (χ2n) is 8.53. The first-order chi connectivity index (χ1) is 16.7. The van der Waals surface area contributed by atoms with Crippen LogP contribution >= 0.6 is 11.6 Å². The van der Waals surface area contributed by atoms with Crippen molar-refractivity contribution < 1.29 is 13.9 Å². The van der Waals surface area contributed by atoms with Crippen LogP contribution in [0.2, 0.25) is 5.02 Å². The third kappa shape index (κ3) is 5.23. The summed E-state index contributed by atoms with van der Waals surface area (Å²) in [6.07, 6.45) is 6.41. The number of anilines is 2. The lowest BCUT2D eigenvalue weighted by Crippen LogP contribution is -2.09. The third-order valence-electron chi connectivity index (χ3n) is 6.07. The first-order valence-corrected chi connectivity index (χ1v) is 11.8. The molecule has 1 aliphatic carbocycles. The van der Waals surface area contributed by atoms with Gasteiger partial charge in [-0.15, -0.1) is 0 Å². The molecule has 1 aliphatic rings. The Morgan fingerprint density at radius 3 is 2.53 bits per heavy atom. The van der Waals surface area contributed by atoms with Gasteiger partial charge in [-0.05, 0) is 48.6 Å². The van der Waals surface area contributed by atoms with Gasteiger partial charge in [0, 0.05) is 17.1 Å². The van der Waals surface area contributed by atoms with Gasteiger partial charge in [-0.25, -0.2) is 14.4 Å². The van der Waals surface area contributed by atoms with E-state index in [1.165, 1.54) is 44.1 Å². The summed E-state index contributed by atoms with van der Waals surface area (Å²) in [5.41, 5.74) is 2.41. The van der Waals surface area contributed by atoms with Gasteiger partial charge >= 0.3 is 0 Å². The summed E-state index contributed by atoms with van der Waals surface area (Å²) in [6, 6.07) is 18.2. The number of benzene rings is 3. The molecular weight excluding hydrogens is 453 g/mol. The Bertz CT molecular complexity index is 1280. The largest absolute Gasteiger partial charge is 0.489 e. The van der Waals surface area contributed by atoms with Crippen molar-refractivity contribution in [2.75, 3.05) is 11.9 Å². The minimum Gasteiger partial charge on any atom is -0.489 e. The topological polar surface area (TPSA) is 56.3 Å². The van der Waals surface area contributed by atoms with Crippen molar-refractivity contribution in [2.24, 2.45) is 5.92 Å². The highest BCUT2D eigenvalue weighted by molar-refractivity contribution is 6.31. The summed E-state index contributed by atoms with van der Waals surface area (Å²) in [7, 11) is 0. The first kappa shape index (κ1) is 22.4. The molecule has 4 aromatic rings. The molecule has 174 valence electrons. The third-order valence-corrected chi connectivity index (χ3v) is 6.36. The standard InChI is InChI=1S/C27H25ClFN3O2/c28-22-12-20(10-11-23(22)29)32-27-21-13-25(33-15-18-6-2-1-3-7-18)26(14-24(21)30-17-31-27)34-16-19-8-4-5-9-19/h1-3,6-7,10-14,17,19H,4-5,8-9,15-16H2,(H,30,31,32). The molecule has 0 amide bonds. The van der Waals surface area contributed by atoms with E-state index in [9.17, 15) is 4.39 Å². The highest BCUT2D eigenvalue weighted by Gasteiger charge is 2.18. The smallest absolute Gasteiger partial charge is 0.163 e. The molecular formula is C27H25ClFN3O2. The number of ether oxygens (including phenoxy) is 2. The van der Waals surface area contributed by atoms with Crippen LogP contribution in [-0.4, -0.2) is 16.6 Å². The molecule has 1 fully saturated rings. The van der Waals surface area contributed by atoms with Gasteiger partial charge in [-0.3, -0.25) is 0 Å². The van der Waals surface area contributed by atoms with Crippen molar-refractivity contribution in [2.45, 2.75) is 32.3 Å². The maximum atomic E-state index is 13.6. The van der Waals surface area contributed by atoms with E-state index in [1.807, 2.05) is 42.5 Å². The molecule has 5 rings (SSSR count). The van der Waals surface area contributed by atoms with Gasteiger partial charge < -0.3 is 14.8 Å². The molecule has 3 aromatic carbocycles. The zero-order valence-corrected chi connectivity index (χ0v) is 19.4. The van der Waals surface area contributed by atoms with Crippen molar-refractivity contribution in [1.29, 1.82) is 0 Å². The lowest BCUT2D eigenvalue weighted by molar-refractivity contribution is 0.228. The first-order valence-electron chi connectivity index (χ1n) is 11.5. The number of rotatable bonds is 8. The quantitative estimate of drug-likeness (QED) is 0.288. The lowest BCUT2D eigenvalue weighted by atomic mass is 10.1. The van der Waals surface area contributed by atoms with E-state index >= 15 is 0 Å². The zero-order chi connectivity index (χ0) is 23.3. The van der Waals surface area contributed by atoms with Crippen LogP contribution in [0.25, 0.3) is 10.9 Å². The predicted molar refractivity (Wildman–Crippen MR) is 132 cm³/mol. The van der Waals surface area contributed by atoms with E-state index in [2.05, 4.69) is 15.3 Å². The van der Waals surface area contributed by atoms with Gasteiger partial charge in [0.25, 0.3) is 0 Å². The van der Waals surface area contributed by atoms with E-state index in [4.69, 9.17) is 21.1 Å². The molecule has 0 unspecified atom stereocenters. The number of hydrogen-bond acceptors (Lipinski definition) is 5. The van der Waals surface area contributed by atoms with E-state index in [-0.39, 0.29) is 5.02 Å². The van der Waals surface area contributed by atoms with Gasteiger partial charge in [0.2, 0.25) is 0 Å². The molecule has 5 nitrogen and oxygen atoms in total. The van der Waals surface area contributed by atoms with Gasteiger partial charge in [-0.2, -0.15) is 0 Å². The number of fused-ring (bicyclic) bond motifs is 1. The van der Waals surface area contributed by atoms with Crippen LogP contribution in [0.1, 0.15) is 31.2 Å². The van der Waals surface area contributed by atoms with Gasteiger partial charge in [0.15, 0.2) is 11.5 Å². The second-order valence-corrected chi connectivity index (χ2v) is 8.94. The van der Waals surface area contributed by atoms with Gasteiger partial charge in [-0.1, -0.05) is 54.8 Å². The summed E-state index contributed by atoms with van der Waals surface area (Å²) in [5.74, 6) is 1.97. The van der Waals surface area contributed by atoms with Crippen LogP contribution in [-0.2, 0) is 6.61 Å². The lowest BCUT2D eigenvalue weighted by Gasteiger charge is -2.17. The number of halogens is 2. The minimum absolute atomic E-state index is 0.0397. The maximum absolute atomic E-state index is 13.6. The summed E-state index contributed by atoms with van der Waals surface area (Å²) in [5, 5.41) is 4.02. The average molecular weight is 478 g/mol. The number of nitrogens with zero attached hydrogens (tertiary/aromatic N) is 2. The summed E-state index contributed by atoms with van der Waals surface area (Å²) in [6.45, 7) is 1.08. The Labute approximate surface area is 202 Å². The van der Waals surface area contributed by atoms with Crippen molar-refractivity contribution in [3.63, 3.8) is 0 Å². The minimum atomic E-state index is -0.472. The molecule has 1 heterocycles. The van der Waals surface area contributed by atoms with Gasteiger partial charge in [0.1, 0.15) is 24.6 Å². The Hall–Kier alpha value is -3.38. The van der Waals surface area contributed by atoms with Crippen LogP contribution < -0.4 is 14.8 Å². The Balaban J connectivity index is 1.47. The number of nitrogens with one attached hydrogen (secondary N) is 1. The Morgan fingerprint density at radius 2 is 1.74 bits per heavy atom. The van der Waals surface area contributed by atoms with Crippen LogP contribution in [0.5, 0.6) is 11.5 Å². The molecule has 0 spiro atoms. The van der Waals surface area contributed by atoms with E-state index in [0.717, 1.165) is 16.5 Å². The highest BCUT2D eigenvalue weighted by Crippen LogP contribution is 2.37. The fraction of sp³-hybridized carbons (Fsp3) is 0.259. The number of aromatic nitrogens is 2. The summed E-state index contributed by atoms with van der Waals surface area (Å²) in [4.78, 5) is 8.84. The molecule has 1 aromatic heterocycles. The summed E-state index contributed by atoms with van der Waals surface area (Å²) >= 11 is 5.95. The fourth-order valence-electron chi connectivity index (χ4n) is 4.22. The fourth-order valence-corrected chi connectivity index (χ4v) is 4.40. The monoisotopic (exact) mass is 477 g/mol. The Kier molecular flexibility index (Phi) is 6.77. The van der Waals surface area contributed by atoms with Crippen LogP contribution in [0.3, 0.4) is 0 Å².